The number of rotatable bonds is 5. The van der Waals surface area contributed by atoms with Crippen molar-refractivity contribution in [3.8, 4) is 0 Å². The largest absolute Gasteiger partial charge is 0.316 e. The fraction of sp³-hybridized carbons (Fsp3) is 0.571. The minimum absolute atomic E-state index is 0.0353. The quantitative estimate of drug-likeness (QED) is 0.352. The van der Waals surface area contributed by atoms with Crippen LogP contribution >= 0.6 is 0 Å². The van der Waals surface area contributed by atoms with E-state index in [9.17, 15) is 4.79 Å². The van der Waals surface area contributed by atoms with Gasteiger partial charge in [0.2, 0.25) is 0 Å². The Hall–Kier alpha value is -0.710. The van der Waals surface area contributed by atoms with Crippen LogP contribution in [0.3, 0.4) is 0 Å². The van der Waals surface area contributed by atoms with Gasteiger partial charge in [-0.25, -0.2) is 0 Å². The monoisotopic (exact) mass is 157 g/mol. The van der Waals surface area contributed by atoms with Crippen LogP contribution in [0.25, 0.3) is 0 Å². The second-order valence-corrected chi connectivity index (χ2v) is 2.30. The summed E-state index contributed by atoms with van der Waals surface area (Å²) in [5.41, 5.74) is 10.5. The van der Waals surface area contributed by atoms with Crippen molar-refractivity contribution in [1.29, 1.82) is 0 Å². The third kappa shape index (κ3) is 7.18. The molecular formula is C7H15N3O. The van der Waals surface area contributed by atoms with Gasteiger partial charge in [-0.05, 0) is 19.5 Å². The first-order chi connectivity index (χ1) is 5.16. The van der Waals surface area contributed by atoms with E-state index >= 15 is 0 Å². The van der Waals surface area contributed by atoms with E-state index in [1.165, 1.54) is 6.08 Å². The van der Waals surface area contributed by atoms with E-state index in [0.29, 0.717) is 13.0 Å². The zero-order valence-corrected chi connectivity index (χ0v) is 6.71. The Morgan fingerprint density at radius 1 is 1.64 bits per heavy atom. The van der Waals surface area contributed by atoms with Gasteiger partial charge in [-0.3, -0.25) is 4.79 Å². The SMILES string of the molecule is CNCC(=O)/C=C/CC(N)N. The van der Waals surface area contributed by atoms with Gasteiger partial charge in [-0.15, -0.1) is 0 Å². The molecule has 0 amide bonds. The molecule has 0 aromatic rings. The molecule has 0 unspecified atom stereocenters. The zero-order valence-electron chi connectivity index (χ0n) is 6.71. The zero-order chi connectivity index (χ0) is 8.69. The lowest BCUT2D eigenvalue weighted by atomic mass is 10.3. The summed E-state index contributed by atoms with van der Waals surface area (Å²) in [5.74, 6) is 0.0353. The Bertz CT molecular complexity index is 143. The lowest BCUT2D eigenvalue weighted by Gasteiger charge is -1.97. The summed E-state index contributed by atoms with van der Waals surface area (Å²) in [6.07, 6.45) is 3.34. The first-order valence-electron chi connectivity index (χ1n) is 3.52. The molecule has 0 aliphatic heterocycles. The fourth-order valence-electron chi connectivity index (χ4n) is 0.590. The van der Waals surface area contributed by atoms with Crippen LogP contribution in [0.15, 0.2) is 12.2 Å². The molecule has 0 aromatic heterocycles. The summed E-state index contributed by atoms with van der Waals surface area (Å²) in [5, 5.41) is 2.74. The van der Waals surface area contributed by atoms with Crippen LogP contribution in [0.5, 0.6) is 0 Å². The smallest absolute Gasteiger partial charge is 0.169 e. The van der Waals surface area contributed by atoms with E-state index in [-0.39, 0.29) is 11.9 Å². The molecule has 0 atom stereocenters. The molecule has 0 radical (unpaired) electrons. The molecule has 0 bridgehead atoms. The Morgan fingerprint density at radius 2 is 2.27 bits per heavy atom. The maximum atomic E-state index is 10.8. The predicted octanol–water partition coefficient (Wildman–Crippen LogP) is -1.04. The maximum Gasteiger partial charge on any atom is 0.169 e. The summed E-state index contributed by atoms with van der Waals surface area (Å²) >= 11 is 0. The molecule has 4 heteroatoms. The number of carbonyl (C=O) groups is 1. The maximum absolute atomic E-state index is 10.8. The Kier molecular flexibility index (Phi) is 5.64. The number of nitrogens with one attached hydrogen (secondary N) is 1. The van der Waals surface area contributed by atoms with Crippen molar-refractivity contribution < 1.29 is 4.79 Å². The second kappa shape index (κ2) is 6.03. The summed E-state index contributed by atoms with van der Waals surface area (Å²) < 4.78 is 0. The molecule has 5 N–H and O–H groups in total. The third-order valence-corrected chi connectivity index (χ3v) is 1.06. The standard InChI is InChI=1S/C7H15N3O/c1-10-5-6(11)3-2-4-7(8)9/h2-3,7,10H,4-5,8-9H2,1H3/b3-2+. The highest BCUT2D eigenvalue weighted by atomic mass is 16.1. The summed E-state index contributed by atoms with van der Waals surface area (Å²) in [6, 6.07) is 0. The number of hydrogen-bond donors (Lipinski definition) is 3. The van der Waals surface area contributed by atoms with Gasteiger partial charge in [0, 0.05) is 0 Å². The van der Waals surface area contributed by atoms with Crippen LogP contribution in [-0.2, 0) is 4.79 Å². The molecule has 0 saturated carbocycles. The second-order valence-electron chi connectivity index (χ2n) is 2.30. The van der Waals surface area contributed by atoms with Crippen LogP contribution in [0.1, 0.15) is 6.42 Å². The molecule has 0 aromatic carbocycles. The normalized spacial score (nSPS) is 11.3. The molecule has 0 aliphatic carbocycles. The van der Waals surface area contributed by atoms with Gasteiger partial charge < -0.3 is 16.8 Å². The highest BCUT2D eigenvalue weighted by Crippen LogP contribution is 1.83. The lowest BCUT2D eigenvalue weighted by molar-refractivity contribution is -0.113. The number of ketones is 1. The average Bonchev–Trinajstić information content (AvgIpc) is 1.87. The van der Waals surface area contributed by atoms with Crippen molar-refractivity contribution in [2.45, 2.75) is 12.6 Å². The Labute approximate surface area is 66.6 Å². The van der Waals surface area contributed by atoms with Crippen molar-refractivity contribution in [2.75, 3.05) is 13.6 Å². The Morgan fingerprint density at radius 3 is 2.73 bits per heavy atom. The molecular weight excluding hydrogens is 142 g/mol. The Balaban J connectivity index is 3.48. The number of carbonyl (C=O) groups excluding carboxylic acids is 1. The van der Waals surface area contributed by atoms with Crippen molar-refractivity contribution >= 4 is 5.78 Å². The minimum Gasteiger partial charge on any atom is -0.316 e. The highest BCUT2D eigenvalue weighted by molar-refractivity contribution is 5.91. The van der Waals surface area contributed by atoms with Gasteiger partial charge in [0.25, 0.3) is 0 Å². The van der Waals surface area contributed by atoms with Gasteiger partial charge in [-0.1, -0.05) is 6.08 Å². The van der Waals surface area contributed by atoms with E-state index in [4.69, 9.17) is 11.5 Å². The molecule has 64 valence electrons. The molecule has 0 saturated heterocycles. The van der Waals surface area contributed by atoms with Crippen molar-refractivity contribution in [3.63, 3.8) is 0 Å². The predicted molar refractivity (Wildman–Crippen MR) is 44.9 cm³/mol. The minimum atomic E-state index is -0.367. The third-order valence-electron chi connectivity index (χ3n) is 1.06. The molecule has 0 spiro atoms. The number of hydrogen-bond acceptors (Lipinski definition) is 4. The van der Waals surface area contributed by atoms with E-state index in [1.807, 2.05) is 0 Å². The summed E-state index contributed by atoms with van der Waals surface area (Å²) in [4.78, 5) is 10.8. The van der Waals surface area contributed by atoms with Gasteiger partial charge in [0.1, 0.15) is 0 Å². The van der Waals surface area contributed by atoms with E-state index in [2.05, 4.69) is 5.32 Å². The lowest BCUT2D eigenvalue weighted by Crippen LogP contribution is -2.29. The van der Waals surface area contributed by atoms with Crippen molar-refractivity contribution in [1.82, 2.24) is 5.32 Å². The van der Waals surface area contributed by atoms with Crippen LogP contribution in [0.2, 0.25) is 0 Å². The average molecular weight is 157 g/mol. The van der Waals surface area contributed by atoms with Crippen LogP contribution in [-0.4, -0.2) is 25.5 Å². The van der Waals surface area contributed by atoms with Gasteiger partial charge in [0.05, 0.1) is 12.7 Å². The van der Waals surface area contributed by atoms with E-state index in [1.54, 1.807) is 13.1 Å². The molecule has 11 heavy (non-hydrogen) atoms. The number of likely N-dealkylation sites (N-methyl/N-ethyl adjacent to an activating group) is 1. The van der Waals surface area contributed by atoms with Gasteiger partial charge >= 0.3 is 0 Å². The van der Waals surface area contributed by atoms with Gasteiger partial charge in [0.15, 0.2) is 5.78 Å². The van der Waals surface area contributed by atoms with Crippen LogP contribution < -0.4 is 16.8 Å². The first kappa shape index (κ1) is 10.3. The van der Waals surface area contributed by atoms with Gasteiger partial charge in [-0.2, -0.15) is 0 Å². The van der Waals surface area contributed by atoms with Crippen molar-refractivity contribution in [2.24, 2.45) is 11.5 Å². The molecule has 0 aliphatic rings. The van der Waals surface area contributed by atoms with E-state index in [0.717, 1.165) is 0 Å². The highest BCUT2D eigenvalue weighted by Gasteiger charge is 1.92. The number of nitrogens with two attached hydrogens (primary N) is 2. The molecule has 0 fully saturated rings. The van der Waals surface area contributed by atoms with Crippen LogP contribution in [0.4, 0.5) is 0 Å². The summed E-state index contributed by atoms with van der Waals surface area (Å²) in [6.45, 7) is 0.357. The summed E-state index contributed by atoms with van der Waals surface area (Å²) in [7, 11) is 1.72. The molecule has 0 heterocycles. The van der Waals surface area contributed by atoms with Crippen LogP contribution in [0, 0.1) is 0 Å². The first-order valence-corrected chi connectivity index (χ1v) is 3.52. The fourth-order valence-corrected chi connectivity index (χ4v) is 0.590. The molecule has 0 rings (SSSR count). The molecule has 4 nitrogen and oxygen atoms in total. The topological polar surface area (TPSA) is 81.1 Å². The van der Waals surface area contributed by atoms with E-state index < -0.39 is 0 Å². The van der Waals surface area contributed by atoms with Crippen molar-refractivity contribution in [3.05, 3.63) is 12.2 Å².